The van der Waals surface area contributed by atoms with Crippen molar-refractivity contribution >= 4 is 15.9 Å². The first kappa shape index (κ1) is 14.7. The van der Waals surface area contributed by atoms with Crippen molar-refractivity contribution in [1.82, 2.24) is 10.6 Å². The Labute approximate surface area is 113 Å². The van der Waals surface area contributed by atoms with E-state index in [1.165, 1.54) is 28.4 Å². The van der Waals surface area contributed by atoms with Crippen LogP contribution in [0.1, 0.15) is 30.9 Å². The molecule has 0 aliphatic rings. The van der Waals surface area contributed by atoms with Crippen molar-refractivity contribution < 1.29 is 0 Å². The lowest BCUT2D eigenvalue weighted by Gasteiger charge is -2.08. The Balaban J connectivity index is 2.15. The van der Waals surface area contributed by atoms with Crippen LogP contribution in [0.5, 0.6) is 0 Å². The molecule has 3 heteroatoms. The average molecular weight is 299 g/mol. The van der Waals surface area contributed by atoms with E-state index in [1.54, 1.807) is 0 Å². The fraction of sp³-hybridized carbons (Fsp3) is 0.571. The molecule has 1 aromatic rings. The normalized spacial score (nSPS) is 10.8. The number of benzene rings is 1. The van der Waals surface area contributed by atoms with E-state index in [1.807, 2.05) is 0 Å². The molecule has 0 aromatic heterocycles. The smallest absolute Gasteiger partial charge is 0.0220 e. The highest BCUT2D eigenvalue weighted by atomic mass is 79.9. The second-order valence-electron chi connectivity index (χ2n) is 4.38. The minimum Gasteiger partial charge on any atom is -0.317 e. The van der Waals surface area contributed by atoms with Crippen LogP contribution in [0.25, 0.3) is 0 Å². The minimum atomic E-state index is 0.941. The molecule has 0 atom stereocenters. The Morgan fingerprint density at radius 3 is 2.65 bits per heavy atom. The molecular formula is C14H23BrN2. The molecule has 0 fully saturated rings. The van der Waals surface area contributed by atoms with Crippen molar-refractivity contribution in [2.24, 2.45) is 0 Å². The van der Waals surface area contributed by atoms with Crippen LogP contribution in [0, 0.1) is 6.92 Å². The lowest BCUT2D eigenvalue weighted by Crippen LogP contribution is -2.22. The van der Waals surface area contributed by atoms with Gasteiger partial charge >= 0.3 is 0 Å². The minimum absolute atomic E-state index is 0.941. The number of aryl methyl sites for hydroxylation is 1. The van der Waals surface area contributed by atoms with Crippen LogP contribution in [0.15, 0.2) is 22.7 Å². The molecule has 0 spiro atoms. The van der Waals surface area contributed by atoms with Crippen molar-refractivity contribution in [3.63, 3.8) is 0 Å². The molecule has 0 saturated heterocycles. The average Bonchev–Trinajstić information content (AvgIpc) is 2.32. The summed E-state index contributed by atoms with van der Waals surface area (Å²) in [6, 6.07) is 6.48. The van der Waals surface area contributed by atoms with Gasteiger partial charge in [-0.15, -0.1) is 0 Å². The van der Waals surface area contributed by atoms with E-state index < -0.39 is 0 Å². The second-order valence-corrected chi connectivity index (χ2v) is 5.23. The van der Waals surface area contributed by atoms with E-state index in [9.17, 15) is 0 Å². The van der Waals surface area contributed by atoms with Crippen molar-refractivity contribution in [3.05, 3.63) is 33.8 Å². The molecule has 96 valence electrons. The van der Waals surface area contributed by atoms with Crippen molar-refractivity contribution in [3.8, 4) is 0 Å². The standard InChI is InChI=1S/C14H23BrN2/c1-3-7-16-8-4-9-17-11-13-10-12(2)5-6-14(13)15/h5-6,10,16-17H,3-4,7-9,11H2,1-2H3. The first-order valence-corrected chi connectivity index (χ1v) is 7.19. The summed E-state index contributed by atoms with van der Waals surface area (Å²) in [5.74, 6) is 0. The molecular weight excluding hydrogens is 276 g/mol. The Bertz CT molecular complexity index is 326. The molecule has 2 nitrogen and oxygen atoms in total. The van der Waals surface area contributed by atoms with Gasteiger partial charge in [0, 0.05) is 11.0 Å². The summed E-state index contributed by atoms with van der Waals surface area (Å²) in [5, 5.41) is 6.88. The summed E-state index contributed by atoms with van der Waals surface area (Å²) in [5.41, 5.74) is 2.65. The third-order valence-electron chi connectivity index (χ3n) is 2.65. The molecule has 0 unspecified atom stereocenters. The van der Waals surface area contributed by atoms with Gasteiger partial charge in [-0.25, -0.2) is 0 Å². The Kier molecular flexibility index (Phi) is 7.49. The van der Waals surface area contributed by atoms with Gasteiger partial charge in [-0.1, -0.05) is 40.5 Å². The van der Waals surface area contributed by atoms with E-state index in [2.05, 4.69) is 58.6 Å². The van der Waals surface area contributed by atoms with Gasteiger partial charge < -0.3 is 10.6 Å². The first-order chi connectivity index (χ1) is 8.24. The summed E-state index contributed by atoms with van der Waals surface area (Å²) in [6.07, 6.45) is 2.40. The van der Waals surface area contributed by atoms with Crippen LogP contribution in [-0.2, 0) is 6.54 Å². The topological polar surface area (TPSA) is 24.1 Å². The van der Waals surface area contributed by atoms with E-state index >= 15 is 0 Å². The quantitative estimate of drug-likeness (QED) is 0.720. The van der Waals surface area contributed by atoms with E-state index in [4.69, 9.17) is 0 Å². The summed E-state index contributed by atoms with van der Waals surface area (Å²) in [7, 11) is 0. The van der Waals surface area contributed by atoms with E-state index in [0.717, 1.165) is 26.2 Å². The molecule has 2 N–H and O–H groups in total. The van der Waals surface area contributed by atoms with Crippen molar-refractivity contribution in [2.75, 3.05) is 19.6 Å². The SMILES string of the molecule is CCCNCCCNCc1cc(C)ccc1Br. The molecule has 1 rings (SSSR count). The molecule has 0 amide bonds. The summed E-state index contributed by atoms with van der Waals surface area (Å²) >= 11 is 3.58. The maximum Gasteiger partial charge on any atom is 0.0220 e. The maximum atomic E-state index is 3.58. The third kappa shape index (κ3) is 6.20. The Morgan fingerprint density at radius 1 is 1.12 bits per heavy atom. The molecule has 0 saturated carbocycles. The van der Waals surface area contributed by atoms with Crippen LogP contribution in [0.3, 0.4) is 0 Å². The fourth-order valence-corrected chi connectivity index (χ4v) is 2.09. The Morgan fingerprint density at radius 2 is 1.88 bits per heavy atom. The monoisotopic (exact) mass is 298 g/mol. The lowest BCUT2D eigenvalue weighted by molar-refractivity contribution is 0.591. The van der Waals surface area contributed by atoms with Gasteiger partial charge in [-0.05, 0) is 51.0 Å². The summed E-state index contributed by atoms with van der Waals surface area (Å²) in [6.45, 7) is 8.57. The van der Waals surface area contributed by atoms with Crippen molar-refractivity contribution in [2.45, 2.75) is 33.2 Å². The largest absolute Gasteiger partial charge is 0.317 e. The van der Waals surface area contributed by atoms with Gasteiger partial charge in [0.15, 0.2) is 0 Å². The van der Waals surface area contributed by atoms with Gasteiger partial charge in [0.2, 0.25) is 0 Å². The molecule has 0 heterocycles. The third-order valence-corrected chi connectivity index (χ3v) is 3.42. The van der Waals surface area contributed by atoms with E-state index in [-0.39, 0.29) is 0 Å². The zero-order valence-corrected chi connectivity index (χ0v) is 12.4. The zero-order valence-electron chi connectivity index (χ0n) is 10.9. The highest BCUT2D eigenvalue weighted by Gasteiger charge is 1.99. The Hall–Kier alpha value is -0.380. The van der Waals surface area contributed by atoms with Crippen LogP contribution >= 0.6 is 15.9 Å². The van der Waals surface area contributed by atoms with Gasteiger partial charge in [0.1, 0.15) is 0 Å². The number of nitrogens with one attached hydrogen (secondary N) is 2. The van der Waals surface area contributed by atoms with E-state index in [0.29, 0.717) is 0 Å². The predicted octanol–water partition coefficient (Wildman–Crippen LogP) is 3.24. The van der Waals surface area contributed by atoms with Gasteiger partial charge in [-0.3, -0.25) is 0 Å². The summed E-state index contributed by atoms with van der Waals surface area (Å²) in [4.78, 5) is 0. The molecule has 0 aliphatic heterocycles. The molecule has 0 radical (unpaired) electrons. The lowest BCUT2D eigenvalue weighted by atomic mass is 10.1. The number of halogens is 1. The van der Waals surface area contributed by atoms with Crippen LogP contribution < -0.4 is 10.6 Å². The van der Waals surface area contributed by atoms with Crippen LogP contribution in [-0.4, -0.2) is 19.6 Å². The maximum absolute atomic E-state index is 3.58. The highest BCUT2D eigenvalue weighted by Crippen LogP contribution is 2.17. The molecule has 1 aromatic carbocycles. The first-order valence-electron chi connectivity index (χ1n) is 6.40. The highest BCUT2D eigenvalue weighted by molar-refractivity contribution is 9.10. The molecule has 0 aliphatic carbocycles. The predicted molar refractivity (Wildman–Crippen MR) is 78.4 cm³/mol. The summed E-state index contributed by atoms with van der Waals surface area (Å²) < 4.78 is 1.19. The fourth-order valence-electron chi connectivity index (χ4n) is 1.70. The van der Waals surface area contributed by atoms with Crippen molar-refractivity contribution in [1.29, 1.82) is 0 Å². The number of hydrogen-bond acceptors (Lipinski definition) is 2. The van der Waals surface area contributed by atoms with Crippen LogP contribution in [0.4, 0.5) is 0 Å². The van der Waals surface area contributed by atoms with Gasteiger partial charge in [-0.2, -0.15) is 0 Å². The van der Waals surface area contributed by atoms with Crippen LogP contribution in [0.2, 0.25) is 0 Å². The van der Waals surface area contributed by atoms with Gasteiger partial charge in [0.25, 0.3) is 0 Å². The molecule has 0 bridgehead atoms. The van der Waals surface area contributed by atoms with Gasteiger partial charge in [0.05, 0.1) is 0 Å². The second kappa shape index (κ2) is 8.67. The number of rotatable bonds is 8. The molecule has 17 heavy (non-hydrogen) atoms. The zero-order chi connectivity index (χ0) is 12.5. The number of hydrogen-bond donors (Lipinski definition) is 2.